The predicted octanol–water partition coefficient (Wildman–Crippen LogP) is 2.54. The summed E-state index contributed by atoms with van der Waals surface area (Å²) in [5.41, 5.74) is 1.16. The largest absolute Gasteiger partial charge is 0.486 e. The van der Waals surface area contributed by atoms with Crippen LogP contribution in [0.3, 0.4) is 0 Å². The van der Waals surface area contributed by atoms with Gasteiger partial charge in [0.05, 0.1) is 6.04 Å². The molecule has 1 amide bonds. The van der Waals surface area contributed by atoms with E-state index < -0.39 is 0 Å². The zero-order valence-corrected chi connectivity index (χ0v) is 14.4. The Hall–Kier alpha value is -1.46. The highest BCUT2D eigenvalue weighted by molar-refractivity contribution is 5.85. The fourth-order valence-corrected chi connectivity index (χ4v) is 3.24. The van der Waals surface area contributed by atoms with Crippen LogP contribution >= 0.6 is 12.4 Å². The van der Waals surface area contributed by atoms with Crippen LogP contribution in [-0.4, -0.2) is 44.2 Å². The molecule has 0 radical (unpaired) electrons. The van der Waals surface area contributed by atoms with Crippen LogP contribution in [0.15, 0.2) is 18.2 Å². The number of halogens is 1. The van der Waals surface area contributed by atoms with Crippen molar-refractivity contribution in [2.24, 2.45) is 0 Å². The summed E-state index contributed by atoms with van der Waals surface area (Å²) in [6.07, 6.45) is 3.59. The van der Waals surface area contributed by atoms with Crippen molar-refractivity contribution in [3.63, 3.8) is 0 Å². The molecule has 1 aromatic carbocycles. The lowest BCUT2D eigenvalue weighted by molar-refractivity contribution is -0.132. The van der Waals surface area contributed by atoms with Gasteiger partial charge in [0.15, 0.2) is 11.5 Å². The second kappa shape index (κ2) is 8.41. The van der Waals surface area contributed by atoms with Crippen molar-refractivity contribution < 1.29 is 14.3 Å². The second-order valence-electron chi connectivity index (χ2n) is 5.86. The zero-order chi connectivity index (χ0) is 15.4. The summed E-state index contributed by atoms with van der Waals surface area (Å²) in [5.74, 6) is 1.87. The molecule has 1 atom stereocenters. The Morgan fingerprint density at radius 3 is 2.87 bits per heavy atom. The van der Waals surface area contributed by atoms with Gasteiger partial charge >= 0.3 is 0 Å². The van der Waals surface area contributed by atoms with Crippen LogP contribution in [0.1, 0.15) is 37.3 Å². The Labute approximate surface area is 143 Å². The van der Waals surface area contributed by atoms with Crippen LogP contribution < -0.4 is 14.8 Å². The number of hydrogen-bond donors (Lipinski definition) is 1. The van der Waals surface area contributed by atoms with E-state index in [9.17, 15) is 4.79 Å². The Bertz CT molecular complexity index is 539. The van der Waals surface area contributed by atoms with E-state index in [1.807, 2.05) is 24.1 Å². The molecule has 6 heteroatoms. The van der Waals surface area contributed by atoms with Crippen LogP contribution in [0.2, 0.25) is 0 Å². The van der Waals surface area contributed by atoms with Gasteiger partial charge in [-0.1, -0.05) is 6.07 Å². The number of ether oxygens (including phenoxy) is 2. The van der Waals surface area contributed by atoms with E-state index in [1.165, 1.54) is 0 Å². The Balaban J connectivity index is 0.00000192. The van der Waals surface area contributed by atoms with Crippen molar-refractivity contribution in [1.82, 2.24) is 10.2 Å². The molecular formula is C17H25ClN2O3. The number of hydrogen-bond acceptors (Lipinski definition) is 4. The second-order valence-corrected chi connectivity index (χ2v) is 5.86. The van der Waals surface area contributed by atoms with Crippen molar-refractivity contribution in [3.8, 4) is 11.5 Å². The number of rotatable bonds is 5. The number of carbonyl (C=O) groups excluding carboxylic acids is 1. The highest BCUT2D eigenvalue weighted by Gasteiger charge is 2.30. The molecule has 23 heavy (non-hydrogen) atoms. The summed E-state index contributed by atoms with van der Waals surface area (Å²) in [6, 6.07) is 6.25. The molecule has 1 saturated heterocycles. The van der Waals surface area contributed by atoms with E-state index in [2.05, 4.69) is 11.4 Å². The van der Waals surface area contributed by atoms with Crippen molar-refractivity contribution in [2.45, 2.75) is 31.7 Å². The minimum atomic E-state index is 0. The number of fused-ring (bicyclic) bond motifs is 1. The van der Waals surface area contributed by atoms with Crippen molar-refractivity contribution in [3.05, 3.63) is 23.8 Å². The van der Waals surface area contributed by atoms with Gasteiger partial charge in [0.2, 0.25) is 5.91 Å². The molecule has 3 rings (SSSR count). The molecule has 5 nitrogen and oxygen atoms in total. The molecule has 0 saturated carbocycles. The molecule has 1 aromatic rings. The number of benzene rings is 1. The van der Waals surface area contributed by atoms with Gasteiger partial charge in [-0.15, -0.1) is 12.4 Å². The van der Waals surface area contributed by atoms with Gasteiger partial charge in [-0.3, -0.25) is 4.79 Å². The number of likely N-dealkylation sites (tertiary alicyclic amines) is 1. The van der Waals surface area contributed by atoms with Gasteiger partial charge < -0.3 is 19.7 Å². The number of carbonyl (C=O) groups is 1. The first kappa shape index (κ1) is 17.9. The molecule has 0 aromatic heterocycles. The molecule has 128 valence electrons. The van der Waals surface area contributed by atoms with Gasteiger partial charge in [-0.05, 0) is 50.6 Å². The maximum absolute atomic E-state index is 12.4. The van der Waals surface area contributed by atoms with Gasteiger partial charge in [0.25, 0.3) is 0 Å². The third-order valence-corrected chi connectivity index (χ3v) is 4.34. The molecule has 0 spiro atoms. The minimum absolute atomic E-state index is 0. The molecule has 0 bridgehead atoms. The summed E-state index contributed by atoms with van der Waals surface area (Å²) in [7, 11) is 1.92. The monoisotopic (exact) mass is 340 g/mol. The lowest BCUT2D eigenvalue weighted by Gasteiger charge is -2.27. The first-order chi connectivity index (χ1) is 10.8. The fraction of sp³-hybridized carbons (Fsp3) is 0.588. The number of nitrogens with one attached hydrogen (secondary N) is 1. The Kier molecular flexibility index (Phi) is 6.54. The molecule has 2 heterocycles. The van der Waals surface area contributed by atoms with Crippen LogP contribution in [0.5, 0.6) is 11.5 Å². The summed E-state index contributed by atoms with van der Waals surface area (Å²) in [6.45, 7) is 2.94. The molecular weight excluding hydrogens is 316 g/mol. The van der Waals surface area contributed by atoms with Gasteiger partial charge in [-0.2, -0.15) is 0 Å². The van der Waals surface area contributed by atoms with E-state index in [0.717, 1.165) is 49.4 Å². The number of nitrogens with zero attached hydrogens (tertiary/aromatic N) is 1. The van der Waals surface area contributed by atoms with Gasteiger partial charge in [0.1, 0.15) is 13.2 Å². The van der Waals surface area contributed by atoms with Gasteiger partial charge in [-0.25, -0.2) is 0 Å². The Morgan fingerprint density at radius 1 is 1.30 bits per heavy atom. The smallest absolute Gasteiger partial charge is 0.223 e. The molecule has 2 aliphatic heterocycles. The fourth-order valence-electron chi connectivity index (χ4n) is 3.24. The lowest BCUT2D eigenvalue weighted by Crippen LogP contribution is -2.31. The predicted molar refractivity (Wildman–Crippen MR) is 91.5 cm³/mol. The quantitative estimate of drug-likeness (QED) is 0.837. The third-order valence-electron chi connectivity index (χ3n) is 4.34. The van der Waals surface area contributed by atoms with Crippen LogP contribution in [0.25, 0.3) is 0 Å². The van der Waals surface area contributed by atoms with Crippen LogP contribution in [0, 0.1) is 0 Å². The highest BCUT2D eigenvalue weighted by Crippen LogP contribution is 2.38. The van der Waals surface area contributed by atoms with E-state index >= 15 is 0 Å². The average Bonchev–Trinajstić information content (AvgIpc) is 3.04. The molecule has 0 aliphatic carbocycles. The van der Waals surface area contributed by atoms with E-state index in [-0.39, 0.29) is 24.4 Å². The Morgan fingerprint density at radius 2 is 2.09 bits per heavy atom. The van der Waals surface area contributed by atoms with Crippen LogP contribution in [0.4, 0.5) is 0 Å². The normalized spacial score (nSPS) is 19.3. The number of amides is 1. The lowest BCUT2D eigenvalue weighted by atomic mass is 10.0. The minimum Gasteiger partial charge on any atom is -0.486 e. The molecule has 2 aliphatic rings. The standard InChI is InChI=1S/C17H24N2O3.ClH/c1-18-8-2-5-17(20)19-9-3-4-14(19)13-6-7-15-16(12-13)22-11-10-21-15;/h6-7,12,14,18H,2-5,8-11H2,1H3;1H. The first-order valence-electron chi connectivity index (χ1n) is 8.13. The molecule has 1 unspecified atom stereocenters. The van der Waals surface area contributed by atoms with Crippen LogP contribution in [-0.2, 0) is 4.79 Å². The first-order valence-corrected chi connectivity index (χ1v) is 8.13. The van der Waals surface area contributed by atoms with Crippen molar-refractivity contribution in [1.29, 1.82) is 0 Å². The average molecular weight is 341 g/mol. The van der Waals surface area contributed by atoms with Crippen molar-refractivity contribution in [2.75, 3.05) is 33.4 Å². The maximum Gasteiger partial charge on any atom is 0.223 e. The summed E-state index contributed by atoms with van der Waals surface area (Å²) in [5, 5.41) is 3.09. The van der Waals surface area contributed by atoms with Gasteiger partial charge in [0, 0.05) is 13.0 Å². The molecule has 1 fully saturated rings. The van der Waals surface area contributed by atoms with Crippen molar-refractivity contribution >= 4 is 18.3 Å². The highest BCUT2D eigenvalue weighted by atomic mass is 35.5. The summed E-state index contributed by atoms with van der Waals surface area (Å²) in [4.78, 5) is 14.5. The molecule has 1 N–H and O–H groups in total. The van der Waals surface area contributed by atoms with E-state index in [4.69, 9.17) is 9.47 Å². The third kappa shape index (κ3) is 4.09. The summed E-state index contributed by atoms with van der Waals surface area (Å²) < 4.78 is 11.2. The SMILES string of the molecule is CNCCCC(=O)N1CCCC1c1ccc2c(c1)OCCO2.Cl. The summed E-state index contributed by atoms with van der Waals surface area (Å²) >= 11 is 0. The maximum atomic E-state index is 12.4. The zero-order valence-electron chi connectivity index (χ0n) is 13.5. The van der Waals surface area contributed by atoms with E-state index in [0.29, 0.717) is 19.6 Å². The topological polar surface area (TPSA) is 50.8 Å². The van der Waals surface area contributed by atoms with E-state index in [1.54, 1.807) is 0 Å².